The summed E-state index contributed by atoms with van der Waals surface area (Å²) in [7, 11) is 0. The van der Waals surface area contributed by atoms with Crippen LogP contribution in [0.25, 0.3) is 77.8 Å². The second kappa shape index (κ2) is 18.1. The summed E-state index contributed by atoms with van der Waals surface area (Å²) in [6.45, 7) is 10.9. The van der Waals surface area contributed by atoms with Crippen molar-refractivity contribution in [2.24, 2.45) is 0 Å². The molecule has 3 heterocycles. The molecule has 0 aliphatic rings. The SMILES string of the molecule is Cc1ccc(-c2cc(-c3ccccc3)cc(-c3ccc(-c4cc[c-]c(-c5cc(C(C)(C)C)ccn5)c4)c4cnccc34)c2)cc1.Cc1ccnc(-c2[c-]cccc2)c1.[Ir]. The summed E-state index contributed by atoms with van der Waals surface area (Å²) in [5, 5.41) is 2.29. The molecule has 0 N–H and O–H groups in total. The molecule has 0 unspecified atom stereocenters. The number of hydrogen-bond acceptors (Lipinski definition) is 3. The van der Waals surface area contributed by atoms with Crippen LogP contribution in [0.2, 0.25) is 0 Å². The van der Waals surface area contributed by atoms with Crippen molar-refractivity contribution in [2.75, 3.05) is 0 Å². The van der Waals surface area contributed by atoms with Gasteiger partial charge in [-0.15, -0.1) is 71.3 Å². The minimum atomic E-state index is 0. The molecule has 9 aromatic rings. The molecule has 0 bridgehead atoms. The second-order valence-corrected chi connectivity index (χ2v) is 15.8. The van der Waals surface area contributed by atoms with E-state index in [0.717, 1.165) is 39.0 Å². The van der Waals surface area contributed by atoms with E-state index >= 15 is 0 Å². The van der Waals surface area contributed by atoms with Gasteiger partial charge in [0, 0.05) is 50.3 Å². The van der Waals surface area contributed by atoms with Crippen LogP contribution in [-0.2, 0) is 25.5 Å². The van der Waals surface area contributed by atoms with Crippen molar-refractivity contribution in [1.82, 2.24) is 15.0 Å². The van der Waals surface area contributed by atoms with Gasteiger partial charge in [0.15, 0.2) is 0 Å². The van der Waals surface area contributed by atoms with Crippen molar-refractivity contribution in [3.8, 4) is 67.0 Å². The fraction of sp³-hybridized carbons (Fsp3) is 0.109. The quantitative estimate of drug-likeness (QED) is 0.156. The molecular formula is C55H45IrN3-2. The monoisotopic (exact) mass is 940 g/mol. The summed E-state index contributed by atoms with van der Waals surface area (Å²) in [4.78, 5) is 13.6. The number of rotatable bonds is 6. The van der Waals surface area contributed by atoms with E-state index in [4.69, 9.17) is 4.98 Å². The Morgan fingerprint density at radius 3 is 1.78 bits per heavy atom. The average Bonchev–Trinajstić information content (AvgIpc) is 3.27. The zero-order valence-electron chi connectivity index (χ0n) is 34.0. The van der Waals surface area contributed by atoms with Gasteiger partial charge in [0.1, 0.15) is 0 Å². The second-order valence-electron chi connectivity index (χ2n) is 15.8. The molecule has 0 fully saturated rings. The molecule has 0 spiro atoms. The molecule has 59 heavy (non-hydrogen) atoms. The van der Waals surface area contributed by atoms with E-state index in [1.807, 2.05) is 61.2 Å². The molecule has 291 valence electrons. The van der Waals surface area contributed by atoms with E-state index < -0.39 is 0 Å². The Kier molecular flexibility index (Phi) is 12.5. The largest absolute Gasteiger partial charge is 0.305 e. The Bertz CT molecular complexity index is 2820. The van der Waals surface area contributed by atoms with Gasteiger partial charge in [-0.1, -0.05) is 111 Å². The van der Waals surface area contributed by atoms with Crippen LogP contribution in [0.15, 0.2) is 183 Å². The zero-order valence-corrected chi connectivity index (χ0v) is 36.4. The maximum Gasteiger partial charge on any atom is 0.0352 e. The van der Waals surface area contributed by atoms with E-state index in [2.05, 4.69) is 178 Å². The minimum absolute atomic E-state index is 0. The number of nitrogens with zero attached hydrogens (tertiary/aromatic N) is 3. The summed E-state index contributed by atoms with van der Waals surface area (Å²) in [5.41, 5.74) is 17.2. The number of pyridine rings is 3. The first-order valence-corrected chi connectivity index (χ1v) is 19.7. The molecule has 6 aromatic carbocycles. The van der Waals surface area contributed by atoms with Crippen LogP contribution in [0, 0.1) is 26.0 Å². The Hall–Kier alpha value is -6.32. The van der Waals surface area contributed by atoms with E-state index in [1.54, 1.807) is 0 Å². The first-order valence-electron chi connectivity index (χ1n) is 19.7. The summed E-state index contributed by atoms with van der Waals surface area (Å²) in [5.74, 6) is 0. The van der Waals surface area contributed by atoms with Crippen molar-refractivity contribution < 1.29 is 20.1 Å². The van der Waals surface area contributed by atoms with Crippen LogP contribution >= 0.6 is 0 Å². The Balaban J connectivity index is 0.000000321. The smallest absolute Gasteiger partial charge is 0.0352 e. The van der Waals surface area contributed by atoms with E-state index in [9.17, 15) is 0 Å². The standard InChI is InChI=1S/C43H35N2.C12H10N.Ir/c1-29-13-15-31(16-14-29)35-24-34(30-9-6-5-7-10-30)25-36(26-35)39-18-17-38(41-28-44-21-20-40(39)41)32-11-8-12-33(23-32)42-27-37(19-22-45-42)43(2,3)4;1-10-7-8-13-12(9-10)11-5-3-2-4-6-11;/h5-11,13-28H,1-4H3;2-5,7-9H,1H3;/q2*-1;. The molecule has 0 aliphatic heterocycles. The molecule has 0 saturated carbocycles. The van der Waals surface area contributed by atoms with Crippen molar-refractivity contribution in [3.05, 3.63) is 211 Å². The van der Waals surface area contributed by atoms with E-state index in [-0.39, 0.29) is 25.5 Å². The van der Waals surface area contributed by atoms with Gasteiger partial charge in [-0.3, -0.25) is 4.98 Å². The van der Waals surface area contributed by atoms with Gasteiger partial charge >= 0.3 is 0 Å². The third-order valence-corrected chi connectivity index (χ3v) is 10.5. The Morgan fingerprint density at radius 1 is 0.441 bits per heavy atom. The molecule has 4 heteroatoms. The number of aryl methyl sites for hydroxylation is 2. The molecule has 9 rings (SSSR count). The van der Waals surface area contributed by atoms with E-state index in [1.165, 1.54) is 55.5 Å². The predicted octanol–water partition coefficient (Wildman–Crippen LogP) is 14.2. The predicted molar refractivity (Wildman–Crippen MR) is 242 cm³/mol. The molecule has 1 radical (unpaired) electrons. The average molecular weight is 940 g/mol. The zero-order chi connectivity index (χ0) is 40.1. The Labute approximate surface area is 362 Å². The maximum absolute atomic E-state index is 4.70. The molecular weight excluding hydrogens is 895 g/mol. The Morgan fingerprint density at radius 2 is 1.08 bits per heavy atom. The molecule has 0 atom stereocenters. The van der Waals surface area contributed by atoms with Crippen molar-refractivity contribution in [3.63, 3.8) is 0 Å². The first kappa shape index (κ1) is 40.9. The summed E-state index contributed by atoms with van der Waals surface area (Å²) in [6, 6.07) is 62.1. The van der Waals surface area contributed by atoms with Gasteiger partial charge in [0.2, 0.25) is 0 Å². The van der Waals surface area contributed by atoms with Crippen molar-refractivity contribution in [1.29, 1.82) is 0 Å². The molecule has 3 aromatic heterocycles. The number of benzene rings is 6. The van der Waals surface area contributed by atoms with Gasteiger partial charge in [-0.05, 0) is 117 Å². The first-order chi connectivity index (χ1) is 28.2. The third kappa shape index (κ3) is 9.53. The number of fused-ring (bicyclic) bond motifs is 1. The van der Waals surface area contributed by atoms with E-state index in [0.29, 0.717) is 0 Å². The van der Waals surface area contributed by atoms with Gasteiger partial charge in [-0.25, -0.2) is 0 Å². The fourth-order valence-corrected chi connectivity index (χ4v) is 7.25. The van der Waals surface area contributed by atoms with Gasteiger partial charge in [0.05, 0.1) is 0 Å². The molecule has 0 amide bonds. The van der Waals surface area contributed by atoms with Crippen LogP contribution in [0.3, 0.4) is 0 Å². The topological polar surface area (TPSA) is 38.7 Å². The van der Waals surface area contributed by atoms with Crippen molar-refractivity contribution >= 4 is 10.8 Å². The third-order valence-electron chi connectivity index (χ3n) is 10.5. The summed E-state index contributed by atoms with van der Waals surface area (Å²) >= 11 is 0. The van der Waals surface area contributed by atoms with Crippen LogP contribution in [0.5, 0.6) is 0 Å². The minimum Gasteiger partial charge on any atom is -0.305 e. The summed E-state index contributed by atoms with van der Waals surface area (Å²) in [6.07, 6.45) is 7.61. The number of hydrogen-bond donors (Lipinski definition) is 0. The van der Waals surface area contributed by atoms with Crippen LogP contribution in [0.4, 0.5) is 0 Å². The van der Waals surface area contributed by atoms with Crippen LogP contribution < -0.4 is 0 Å². The van der Waals surface area contributed by atoms with Gasteiger partial charge < -0.3 is 9.97 Å². The molecule has 0 aliphatic carbocycles. The summed E-state index contributed by atoms with van der Waals surface area (Å²) < 4.78 is 0. The molecule has 3 nitrogen and oxygen atoms in total. The maximum atomic E-state index is 4.70. The van der Waals surface area contributed by atoms with Crippen LogP contribution in [0.1, 0.15) is 37.5 Å². The normalized spacial score (nSPS) is 11.0. The van der Waals surface area contributed by atoms with Gasteiger partial charge in [0.25, 0.3) is 0 Å². The van der Waals surface area contributed by atoms with Crippen molar-refractivity contribution in [2.45, 2.75) is 40.0 Å². The molecule has 0 saturated heterocycles. The fourth-order valence-electron chi connectivity index (χ4n) is 7.25. The van der Waals surface area contributed by atoms with Crippen LogP contribution in [-0.4, -0.2) is 15.0 Å². The van der Waals surface area contributed by atoms with Gasteiger partial charge in [-0.2, -0.15) is 0 Å². The number of aromatic nitrogens is 3.